The number of nitrogens with one attached hydrogen (secondary N) is 2. The highest BCUT2D eigenvalue weighted by molar-refractivity contribution is 5.84. The van der Waals surface area contributed by atoms with Crippen LogP contribution in [0.2, 0.25) is 0 Å². The molecule has 0 saturated carbocycles. The van der Waals surface area contributed by atoms with Crippen molar-refractivity contribution in [2.75, 3.05) is 6.61 Å². The molecule has 0 spiro atoms. The van der Waals surface area contributed by atoms with Crippen LogP contribution in [0.5, 0.6) is 0 Å². The number of hydrogen-bond donors (Lipinski definition) is 3. The highest BCUT2D eigenvalue weighted by Gasteiger charge is 2.26. The van der Waals surface area contributed by atoms with Gasteiger partial charge in [-0.25, -0.2) is 9.78 Å². The second kappa shape index (κ2) is 4.99. The van der Waals surface area contributed by atoms with Gasteiger partial charge in [0.2, 0.25) is 11.9 Å². The third-order valence-corrected chi connectivity index (χ3v) is 1.52. The van der Waals surface area contributed by atoms with Gasteiger partial charge in [0.05, 0.1) is 12.8 Å². The summed E-state index contributed by atoms with van der Waals surface area (Å²) in [5.74, 6) is -0.829. The molecule has 0 amide bonds. The van der Waals surface area contributed by atoms with E-state index in [0.29, 0.717) is 0 Å². The molecule has 0 aliphatic rings. The minimum Gasteiger partial charge on any atom is -0.464 e. The van der Waals surface area contributed by atoms with Crippen molar-refractivity contribution in [3.05, 3.63) is 18.4 Å². The molecule has 0 aliphatic heterocycles. The Hall–Kier alpha value is -2.05. The molecule has 0 radical (unpaired) electrons. The molecule has 7 nitrogen and oxygen atoms in total. The lowest BCUT2D eigenvalue weighted by molar-refractivity contribution is -0.146. The molecule has 1 atom stereocenters. The Morgan fingerprint density at radius 1 is 1.87 bits per heavy atom. The van der Waals surface area contributed by atoms with Gasteiger partial charge in [0.25, 0.3) is 0 Å². The van der Waals surface area contributed by atoms with Crippen LogP contribution in [0.15, 0.2) is 16.9 Å². The Morgan fingerprint density at radius 3 is 3.07 bits per heavy atom. The number of nitrogens with two attached hydrogens (primary N) is 1. The molecule has 0 aliphatic carbocycles. The number of esters is 1. The molecule has 1 heterocycles. The first kappa shape index (κ1) is 11.0. The van der Waals surface area contributed by atoms with Crippen LogP contribution in [0, 0.1) is 5.41 Å². The van der Waals surface area contributed by atoms with Crippen LogP contribution in [-0.2, 0) is 9.53 Å². The largest absolute Gasteiger partial charge is 0.464 e. The fourth-order valence-corrected chi connectivity index (χ4v) is 0.980. The number of carbonyl (C=O) groups excluding carboxylic acids is 1. The van der Waals surface area contributed by atoms with Crippen LogP contribution in [0.4, 0.5) is 0 Å². The smallest absolute Gasteiger partial charge is 0.338 e. The van der Waals surface area contributed by atoms with Gasteiger partial charge < -0.3 is 20.2 Å². The summed E-state index contributed by atoms with van der Waals surface area (Å²) in [6, 6.07) is -0.975. The number of carbonyl (C=O) groups is 1. The van der Waals surface area contributed by atoms with Gasteiger partial charge in [-0.2, -0.15) is 0 Å². The molecule has 7 heteroatoms. The average molecular weight is 212 g/mol. The average Bonchev–Trinajstić information content (AvgIpc) is 2.66. The molecule has 1 aromatic rings. The molecule has 0 saturated heterocycles. The van der Waals surface area contributed by atoms with Crippen molar-refractivity contribution in [3.63, 3.8) is 0 Å². The van der Waals surface area contributed by atoms with Crippen LogP contribution in [0.1, 0.15) is 18.9 Å². The highest BCUT2D eigenvalue weighted by Crippen LogP contribution is 2.11. The van der Waals surface area contributed by atoms with Crippen molar-refractivity contribution in [2.45, 2.75) is 13.0 Å². The van der Waals surface area contributed by atoms with Crippen LogP contribution in [0.3, 0.4) is 0 Å². The number of nitrogens with zero attached hydrogens (tertiary/aromatic N) is 1. The summed E-state index contributed by atoms with van der Waals surface area (Å²) in [6.45, 7) is 1.91. The summed E-state index contributed by atoms with van der Waals surface area (Å²) in [6.07, 6.45) is 2.72. The normalized spacial score (nSPS) is 11.8. The second-order valence-electron chi connectivity index (χ2n) is 2.61. The van der Waals surface area contributed by atoms with Gasteiger partial charge in [-0.15, -0.1) is 0 Å². The van der Waals surface area contributed by atoms with E-state index in [1.807, 2.05) is 0 Å². The second-order valence-corrected chi connectivity index (χ2v) is 2.61. The predicted octanol–water partition coefficient (Wildman–Crippen LogP) is -0.238. The summed E-state index contributed by atoms with van der Waals surface area (Å²) in [5, 5.41) is 9.44. The van der Waals surface area contributed by atoms with Crippen LogP contribution in [0.25, 0.3) is 0 Å². The van der Waals surface area contributed by atoms with Gasteiger partial charge in [-0.1, -0.05) is 0 Å². The van der Waals surface area contributed by atoms with Crippen molar-refractivity contribution in [3.8, 4) is 0 Å². The third kappa shape index (κ3) is 2.97. The lowest BCUT2D eigenvalue weighted by Gasteiger charge is -2.13. The molecular weight excluding hydrogens is 200 g/mol. The highest BCUT2D eigenvalue weighted by atomic mass is 16.5. The van der Waals surface area contributed by atoms with E-state index in [2.05, 4.69) is 10.3 Å². The van der Waals surface area contributed by atoms with Crippen molar-refractivity contribution >= 4 is 11.9 Å². The SMILES string of the molecule is CCOC(=O)C(NC(=N)N)c1ncco1. The summed E-state index contributed by atoms with van der Waals surface area (Å²) in [7, 11) is 0. The molecule has 1 rings (SSSR count). The van der Waals surface area contributed by atoms with Gasteiger partial charge in [0, 0.05) is 0 Å². The first-order valence-corrected chi connectivity index (χ1v) is 4.31. The number of guanidine groups is 1. The fourth-order valence-electron chi connectivity index (χ4n) is 0.980. The van der Waals surface area contributed by atoms with Crippen LogP contribution < -0.4 is 11.1 Å². The van der Waals surface area contributed by atoms with E-state index >= 15 is 0 Å². The Kier molecular flexibility index (Phi) is 3.67. The number of rotatable bonds is 4. The zero-order valence-corrected chi connectivity index (χ0v) is 8.19. The van der Waals surface area contributed by atoms with Gasteiger partial charge in [0.1, 0.15) is 6.26 Å². The van der Waals surface area contributed by atoms with Crippen molar-refractivity contribution < 1.29 is 13.9 Å². The van der Waals surface area contributed by atoms with E-state index in [-0.39, 0.29) is 18.5 Å². The Bertz CT molecular complexity index is 336. The predicted molar refractivity (Wildman–Crippen MR) is 50.9 cm³/mol. The topological polar surface area (TPSA) is 114 Å². The van der Waals surface area contributed by atoms with Gasteiger partial charge >= 0.3 is 5.97 Å². The Labute approximate surface area is 86.1 Å². The maximum absolute atomic E-state index is 11.4. The minimum absolute atomic E-state index is 0.114. The molecule has 1 aromatic heterocycles. The molecular formula is C8H12N4O3. The van der Waals surface area contributed by atoms with E-state index in [0.717, 1.165) is 0 Å². The van der Waals surface area contributed by atoms with Crippen LogP contribution >= 0.6 is 0 Å². The van der Waals surface area contributed by atoms with E-state index < -0.39 is 12.0 Å². The van der Waals surface area contributed by atoms with E-state index in [4.69, 9.17) is 20.3 Å². The van der Waals surface area contributed by atoms with Crippen LogP contribution in [-0.4, -0.2) is 23.5 Å². The van der Waals surface area contributed by atoms with Gasteiger partial charge in [0.15, 0.2) is 5.96 Å². The molecule has 82 valence electrons. The third-order valence-electron chi connectivity index (χ3n) is 1.52. The lowest BCUT2D eigenvalue weighted by Crippen LogP contribution is -2.38. The number of oxazole rings is 1. The summed E-state index contributed by atoms with van der Waals surface area (Å²) >= 11 is 0. The zero-order chi connectivity index (χ0) is 11.3. The van der Waals surface area contributed by atoms with Crippen molar-refractivity contribution in [1.29, 1.82) is 5.41 Å². The maximum atomic E-state index is 11.4. The molecule has 0 aromatic carbocycles. The molecule has 4 N–H and O–H groups in total. The van der Waals surface area contributed by atoms with Gasteiger partial charge in [-0.05, 0) is 6.92 Å². The summed E-state index contributed by atoms with van der Waals surface area (Å²) in [4.78, 5) is 15.2. The minimum atomic E-state index is -0.975. The van der Waals surface area contributed by atoms with Crippen molar-refractivity contribution in [2.24, 2.45) is 5.73 Å². The monoisotopic (exact) mass is 212 g/mol. The number of aromatic nitrogens is 1. The molecule has 15 heavy (non-hydrogen) atoms. The quantitative estimate of drug-likeness (QED) is 0.360. The van der Waals surface area contributed by atoms with E-state index in [1.54, 1.807) is 6.92 Å². The van der Waals surface area contributed by atoms with Gasteiger partial charge in [-0.3, -0.25) is 5.41 Å². The summed E-state index contributed by atoms with van der Waals surface area (Å²) < 4.78 is 9.71. The first-order chi connectivity index (χ1) is 7.15. The molecule has 0 bridgehead atoms. The molecule has 0 fully saturated rings. The maximum Gasteiger partial charge on any atom is 0.338 e. The lowest BCUT2D eigenvalue weighted by atomic mass is 10.3. The number of hydrogen-bond acceptors (Lipinski definition) is 5. The van der Waals surface area contributed by atoms with E-state index in [9.17, 15) is 4.79 Å². The summed E-state index contributed by atoms with van der Waals surface area (Å²) in [5.41, 5.74) is 5.13. The number of ether oxygens (including phenoxy) is 1. The zero-order valence-electron chi connectivity index (χ0n) is 8.19. The fraction of sp³-hybridized carbons (Fsp3) is 0.375. The van der Waals surface area contributed by atoms with Crippen molar-refractivity contribution in [1.82, 2.24) is 10.3 Å². The Balaban J connectivity index is 2.78. The van der Waals surface area contributed by atoms with E-state index in [1.165, 1.54) is 12.5 Å². The Morgan fingerprint density at radius 2 is 2.60 bits per heavy atom. The standard InChI is InChI=1S/C8H12N4O3/c1-2-14-7(13)5(12-8(9)10)6-11-3-4-15-6/h3-5H,2H2,1H3,(H4,9,10,12). The first-order valence-electron chi connectivity index (χ1n) is 4.31. The molecule has 1 unspecified atom stereocenters.